The summed E-state index contributed by atoms with van der Waals surface area (Å²) in [5, 5.41) is 0. The third kappa shape index (κ3) is 1.24. The minimum absolute atomic E-state index is 0.265. The van der Waals surface area contributed by atoms with Crippen molar-refractivity contribution < 1.29 is 4.79 Å². The number of hydrogen-bond acceptors (Lipinski definition) is 2. The Morgan fingerprint density at radius 3 is 3.00 bits per heavy atom. The topological polar surface area (TPSA) is 20.3 Å². The maximum absolute atomic E-state index is 11.2. The van der Waals surface area contributed by atoms with Crippen molar-refractivity contribution in [2.75, 3.05) is 18.6 Å². The fourth-order valence-electron chi connectivity index (χ4n) is 2.32. The number of piperidine rings is 1. The minimum atomic E-state index is 0.265. The van der Waals surface area contributed by atoms with Crippen molar-refractivity contribution in [1.82, 2.24) is 4.90 Å². The molecular formula is C9H15NOS. The Labute approximate surface area is 77.7 Å². The highest BCUT2D eigenvalue weighted by Gasteiger charge is 2.52. The van der Waals surface area contributed by atoms with Crippen molar-refractivity contribution in [2.24, 2.45) is 11.8 Å². The Bertz CT molecular complexity index is 207. The fourth-order valence-corrected chi connectivity index (χ4v) is 3.09. The highest BCUT2D eigenvalue weighted by atomic mass is 32.2. The van der Waals surface area contributed by atoms with Gasteiger partial charge in [-0.15, -0.1) is 0 Å². The minimum Gasteiger partial charge on any atom is -0.339 e. The van der Waals surface area contributed by atoms with Gasteiger partial charge in [0.1, 0.15) is 0 Å². The molecule has 68 valence electrons. The Morgan fingerprint density at radius 1 is 1.67 bits per heavy atom. The van der Waals surface area contributed by atoms with Gasteiger partial charge >= 0.3 is 0 Å². The molecule has 2 aliphatic rings. The van der Waals surface area contributed by atoms with E-state index in [2.05, 4.69) is 11.2 Å². The normalized spacial score (nSPS) is 38.2. The van der Waals surface area contributed by atoms with Gasteiger partial charge in [-0.3, -0.25) is 4.79 Å². The molecule has 0 aromatic carbocycles. The Balaban J connectivity index is 2.01. The van der Waals surface area contributed by atoms with E-state index in [0.717, 1.165) is 24.1 Å². The number of nitrogens with zero attached hydrogens (tertiary/aromatic N) is 1. The largest absolute Gasteiger partial charge is 0.339 e. The molecule has 3 unspecified atom stereocenters. The summed E-state index contributed by atoms with van der Waals surface area (Å²) in [4.78, 5) is 13.3. The Kier molecular flexibility index (Phi) is 2.07. The molecule has 0 aromatic heterocycles. The lowest BCUT2D eigenvalue weighted by Crippen LogP contribution is -2.38. The molecule has 1 amide bonds. The monoisotopic (exact) mass is 185 g/mol. The molecule has 0 aromatic rings. The van der Waals surface area contributed by atoms with Gasteiger partial charge in [-0.25, -0.2) is 0 Å². The molecule has 0 N–H and O–H groups in total. The average Bonchev–Trinajstić information content (AvgIpc) is 2.69. The summed E-state index contributed by atoms with van der Waals surface area (Å²) in [6.07, 6.45) is 3.49. The summed E-state index contributed by atoms with van der Waals surface area (Å²) >= 11 is 1.86. The SMILES string of the molecule is CSCC1C2CC2CN1C(C)=O. The fraction of sp³-hybridized carbons (Fsp3) is 0.889. The van der Waals surface area contributed by atoms with Crippen LogP contribution in [0.5, 0.6) is 0 Å². The van der Waals surface area contributed by atoms with E-state index in [4.69, 9.17) is 0 Å². The van der Waals surface area contributed by atoms with E-state index < -0.39 is 0 Å². The van der Waals surface area contributed by atoms with Gasteiger partial charge in [-0.1, -0.05) is 0 Å². The quantitative estimate of drug-likeness (QED) is 0.644. The van der Waals surface area contributed by atoms with Crippen molar-refractivity contribution in [3.63, 3.8) is 0 Å². The van der Waals surface area contributed by atoms with Crippen LogP contribution in [0.1, 0.15) is 13.3 Å². The zero-order valence-corrected chi connectivity index (χ0v) is 8.43. The van der Waals surface area contributed by atoms with Crippen LogP contribution in [0.25, 0.3) is 0 Å². The molecule has 0 bridgehead atoms. The Morgan fingerprint density at radius 2 is 2.42 bits per heavy atom. The van der Waals surface area contributed by atoms with Crippen LogP contribution in [0.2, 0.25) is 0 Å². The molecule has 2 rings (SSSR count). The molecular weight excluding hydrogens is 170 g/mol. The molecule has 3 heteroatoms. The number of fused-ring (bicyclic) bond motifs is 1. The predicted octanol–water partition coefficient (Wildman–Crippen LogP) is 1.22. The van der Waals surface area contributed by atoms with Crippen LogP contribution in [0.3, 0.4) is 0 Å². The molecule has 1 aliphatic carbocycles. The van der Waals surface area contributed by atoms with Crippen LogP contribution in [0, 0.1) is 11.8 Å². The van der Waals surface area contributed by atoms with E-state index in [-0.39, 0.29) is 5.91 Å². The van der Waals surface area contributed by atoms with Crippen molar-refractivity contribution in [3.05, 3.63) is 0 Å². The van der Waals surface area contributed by atoms with Crippen LogP contribution >= 0.6 is 11.8 Å². The number of carbonyl (C=O) groups is 1. The third-order valence-corrected chi connectivity index (χ3v) is 3.72. The summed E-state index contributed by atoms with van der Waals surface area (Å²) in [5.74, 6) is 3.09. The number of hydrogen-bond donors (Lipinski definition) is 0. The second-order valence-electron chi connectivity index (χ2n) is 3.85. The van der Waals surface area contributed by atoms with E-state index in [1.54, 1.807) is 6.92 Å². The zero-order chi connectivity index (χ0) is 8.72. The van der Waals surface area contributed by atoms with Gasteiger partial charge in [0.2, 0.25) is 5.91 Å². The first-order valence-corrected chi connectivity index (χ1v) is 5.89. The van der Waals surface area contributed by atoms with Crippen molar-refractivity contribution in [1.29, 1.82) is 0 Å². The lowest BCUT2D eigenvalue weighted by molar-refractivity contribution is -0.129. The first kappa shape index (κ1) is 8.42. The molecule has 3 atom stereocenters. The van der Waals surface area contributed by atoms with Gasteiger partial charge in [0.25, 0.3) is 0 Å². The van der Waals surface area contributed by atoms with Gasteiger partial charge in [0.15, 0.2) is 0 Å². The first-order valence-electron chi connectivity index (χ1n) is 4.50. The van der Waals surface area contributed by atoms with E-state index in [1.165, 1.54) is 6.42 Å². The van der Waals surface area contributed by atoms with Crippen LogP contribution in [0.4, 0.5) is 0 Å². The molecule has 0 radical (unpaired) electrons. The summed E-state index contributed by atoms with van der Waals surface area (Å²) in [6.45, 7) is 2.73. The molecule has 1 heterocycles. The van der Waals surface area contributed by atoms with Gasteiger partial charge in [0, 0.05) is 25.3 Å². The summed E-state index contributed by atoms with van der Waals surface area (Å²) in [7, 11) is 0. The molecule has 12 heavy (non-hydrogen) atoms. The predicted molar refractivity (Wildman–Crippen MR) is 51.2 cm³/mol. The zero-order valence-electron chi connectivity index (χ0n) is 7.62. The molecule has 1 saturated carbocycles. The average molecular weight is 185 g/mol. The van der Waals surface area contributed by atoms with E-state index >= 15 is 0 Å². The standard InChI is InChI=1S/C9H15NOS/c1-6(11)10-4-7-3-8(7)9(10)5-12-2/h7-9H,3-5H2,1-2H3. The summed E-state index contributed by atoms with van der Waals surface area (Å²) in [6, 6.07) is 0.558. The third-order valence-electron chi connectivity index (χ3n) is 3.04. The van der Waals surface area contributed by atoms with E-state index in [9.17, 15) is 4.79 Å². The number of amides is 1. The smallest absolute Gasteiger partial charge is 0.219 e. The molecule has 1 aliphatic heterocycles. The van der Waals surface area contributed by atoms with Crippen LogP contribution in [-0.2, 0) is 4.79 Å². The molecule has 0 spiro atoms. The van der Waals surface area contributed by atoms with Crippen LogP contribution in [-0.4, -0.2) is 35.4 Å². The summed E-state index contributed by atoms with van der Waals surface area (Å²) in [5.41, 5.74) is 0. The number of rotatable bonds is 2. The van der Waals surface area contributed by atoms with E-state index in [0.29, 0.717) is 6.04 Å². The number of likely N-dealkylation sites (tertiary alicyclic amines) is 1. The summed E-state index contributed by atoms with van der Waals surface area (Å²) < 4.78 is 0. The number of carbonyl (C=O) groups excluding carboxylic acids is 1. The van der Waals surface area contributed by atoms with Gasteiger partial charge in [0.05, 0.1) is 0 Å². The lowest BCUT2D eigenvalue weighted by atomic mass is 10.2. The molecule has 2 fully saturated rings. The van der Waals surface area contributed by atoms with E-state index in [1.807, 2.05) is 11.8 Å². The maximum Gasteiger partial charge on any atom is 0.219 e. The Hall–Kier alpha value is -0.180. The molecule has 2 nitrogen and oxygen atoms in total. The van der Waals surface area contributed by atoms with Crippen LogP contribution < -0.4 is 0 Å². The van der Waals surface area contributed by atoms with Crippen molar-refractivity contribution in [2.45, 2.75) is 19.4 Å². The maximum atomic E-state index is 11.2. The van der Waals surface area contributed by atoms with Crippen molar-refractivity contribution >= 4 is 17.7 Å². The van der Waals surface area contributed by atoms with Crippen molar-refractivity contribution in [3.8, 4) is 0 Å². The molecule has 1 saturated heterocycles. The second kappa shape index (κ2) is 2.95. The van der Waals surface area contributed by atoms with Gasteiger partial charge in [-0.05, 0) is 24.5 Å². The van der Waals surface area contributed by atoms with Gasteiger partial charge in [-0.2, -0.15) is 11.8 Å². The second-order valence-corrected chi connectivity index (χ2v) is 4.76. The van der Waals surface area contributed by atoms with Gasteiger partial charge < -0.3 is 4.90 Å². The highest BCUT2D eigenvalue weighted by Crippen LogP contribution is 2.50. The lowest BCUT2D eigenvalue weighted by Gasteiger charge is -2.25. The number of thioether (sulfide) groups is 1. The van der Waals surface area contributed by atoms with Crippen LogP contribution in [0.15, 0.2) is 0 Å². The highest BCUT2D eigenvalue weighted by molar-refractivity contribution is 7.98. The first-order chi connectivity index (χ1) is 5.74.